The highest BCUT2D eigenvalue weighted by Gasteiger charge is 2.36. The van der Waals surface area contributed by atoms with Gasteiger partial charge in [0.15, 0.2) is 0 Å². The van der Waals surface area contributed by atoms with Crippen LogP contribution < -0.4 is 4.74 Å². The summed E-state index contributed by atoms with van der Waals surface area (Å²) in [6.45, 7) is 4.88. The minimum absolute atomic E-state index is 0.0744. The third kappa shape index (κ3) is 2.89. The summed E-state index contributed by atoms with van der Waals surface area (Å²) >= 11 is 0. The van der Waals surface area contributed by atoms with Gasteiger partial charge in [0, 0.05) is 13.1 Å². The third-order valence-corrected chi connectivity index (χ3v) is 5.84. The second kappa shape index (κ2) is 5.65. The number of hydrogen-bond donors (Lipinski definition) is 1. The maximum absolute atomic E-state index is 12.7. The molecule has 0 saturated carbocycles. The Bertz CT molecular complexity index is 645. The Balaban J connectivity index is 2.48. The number of rotatable bonds is 4. The van der Waals surface area contributed by atoms with Gasteiger partial charge < -0.3 is 9.84 Å². The summed E-state index contributed by atoms with van der Waals surface area (Å²) in [6, 6.07) is 3.86. The van der Waals surface area contributed by atoms with E-state index in [2.05, 4.69) is 0 Å². The number of sulfonamides is 1. The molecular weight excluding hydrogens is 294 g/mol. The van der Waals surface area contributed by atoms with E-state index < -0.39 is 16.0 Å². The molecule has 0 aromatic heterocycles. The zero-order valence-electron chi connectivity index (χ0n) is 12.2. The number of carboxylic acids is 1. The maximum atomic E-state index is 12.7. The molecule has 0 radical (unpaired) electrons. The lowest BCUT2D eigenvalue weighted by atomic mass is 10.0. The van der Waals surface area contributed by atoms with Crippen molar-refractivity contribution >= 4 is 16.0 Å². The summed E-state index contributed by atoms with van der Waals surface area (Å²) in [6.07, 6.45) is 0. The molecule has 2 unspecified atom stereocenters. The summed E-state index contributed by atoms with van der Waals surface area (Å²) in [5.74, 6) is -0.466. The van der Waals surface area contributed by atoms with Gasteiger partial charge in [-0.1, -0.05) is 13.8 Å². The topological polar surface area (TPSA) is 83.9 Å². The predicted octanol–water partition coefficient (Wildman–Crippen LogP) is 1.67. The Hall–Kier alpha value is -1.60. The van der Waals surface area contributed by atoms with Gasteiger partial charge in [0.05, 0.1) is 12.7 Å². The molecule has 1 aliphatic rings. The van der Waals surface area contributed by atoms with E-state index in [1.165, 1.54) is 23.5 Å². The number of aromatic carboxylic acids is 1. The van der Waals surface area contributed by atoms with Crippen LogP contribution in [0.3, 0.4) is 0 Å². The molecule has 116 valence electrons. The van der Waals surface area contributed by atoms with Gasteiger partial charge in [-0.2, -0.15) is 4.31 Å². The Morgan fingerprint density at radius 1 is 1.29 bits per heavy atom. The van der Waals surface area contributed by atoms with E-state index in [-0.39, 0.29) is 28.0 Å². The van der Waals surface area contributed by atoms with Crippen molar-refractivity contribution in [3.05, 3.63) is 23.8 Å². The second-order valence-electron chi connectivity index (χ2n) is 5.45. The zero-order chi connectivity index (χ0) is 15.8. The molecule has 1 aromatic carbocycles. The Morgan fingerprint density at radius 2 is 1.86 bits per heavy atom. The summed E-state index contributed by atoms with van der Waals surface area (Å²) in [7, 11) is -2.39. The number of ether oxygens (including phenoxy) is 1. The normalized spacial score (nSPS) is 23.2. The van der Waals surface area contributed by atoms with Gasteiger partial charge in [-0.05, 0) is 30.0 Å². The van der Waals surface area contributed by atoms with Crippen LogP contribution in [0.25, 0.3) is 0 Å². The quantitative estimate of drug-likeness (QED) is 0.914. The lowest BCUT2D eigenvalue weighted by molar-refractivity contribution is 0.0696. The van der Waals surface area contributed by atoms with Crippen LogP contribution >= 0.6 is 0 Å². The monoisotopic (exact) mass is 313 g/mol. The minimum atomic E-state index is -3.76. The van der Waals surface area contributed by atoms with Crippen molar-refractivity contribution in [3.8, 4) is 5.75 Å². The van der Waals surface area contributed by atoms with E-state index in [1.807, 2.05) is 13.8 Å². The molecule has 0 spiro atoms. The van der Waals surface area contributed by atoms with Crippen molar-refractivity contribution in [2.75, 3.05) is 20.2 Å². The molecule has 1 heterocycles. The Kier molecular flexibility index (Phi) is 4.25. The van der Waals surface area contributed by atoms with Crippen LogP contribution in [0, 0.1) is 11.8 Å². The summed E-state index contributed by atoms with van der Waals surface area (Å²) < 4.78 is 31.9. The van der Waals surface area contributed by atoms with Crippen molar-refractivity contribution in [2.45, 2.75) is 18.7 Å². The first kappa shape index (κ1) is 15.8. The van der Waals surface area contributed by atoms with Crippen LogP contribution in [0.4, 0.5) is 0 Å². The lowest BCUT2D eigenvalue weighted by Crippen LogP contribution is -2.29. The standard InChI is InChI=1S/C14H19NO5S/c1-9-7-15(8-10(9)2)21(18,19)13-6-11(14(16)17)4-5-12(13)20-3/h4-6,9-10H,7-8H2,1-3H3,(H,16,17). The first-order valence-electron chi connectivity index (χ1n) is 6.69. The molecule has 6 nitrogen and oxygen atoms in total. The molecule has 1 aliphatic heterocycles. The zero-order valence-corrected chi connectivity index (χ0v) is 13.1. The Morgan fingerprint density at radius 3 is 2.33 bits per heavy atom. The number of hydrogen-bond acceptors (Lipinski definition) is 4. The number of carbonyl (C=O) groups is 1. The third-order valence-electron chi connectivity index (χ3n) is 3.98. The number of methoxy groups -OCH3 is 1. The molecule has 0 aliphatic carbocycles. The van der Waals surface area contributed by atoms with Crippen LogP contribution in [0.1, 0.15) is 24.2 Å². The fourth-order valence-electron chi connectivity index (χ4n) is 2.42. The van der Waals surface area contributed by atoms with Crippen molar-refractivity contribution in [3.63, 3.8) is 0 Å². The molecule has 0 bridgehead atoms. The molecule has 2 atom stereocenters. The molecule has 1 aromatic rings. The van der Waals surface area contributed by atoms with Gasteiger partial charge in [-0.25, -0.2) is 13.2 Å². The SMILES string of the molecule is COc1ccc(C(=O)O)cc1S(=O)(=O)N1CC(C)C(C)C1. The van der Waals surface area contributed by atoms with Crippen LogP contribution in [0.15, 0.2) is 23.1 Å². The van der Waals surface area contributed by atoms with E-state index in [1.54, 1.807) is 0 Å². The summed E-state index contributed by atoms with van der Waals surface area (Å²) in [5, 5.41) is 9.04. The van der Waals surface area contributed by atoms with Gasteiger partial charge in [-0.3, -0.25) is 0 Å². The molecule has 2 rings (SSSR count). The van der Waals surface area contributed by atoms with Crippen LogP contribution in [-0.2, 0) is 10.0 Å². The first-order chi connectivity index (χ1) is 9.77. The van der Waals surface area contributed by atoms with Gasteiger partial charge in [0.2, 0.25) is 10.0 Å². The van der Waals surface area contributed by atoms with Crippen LogP contribution in [0.2, 0.25) is 0 Å². The van der Waals surface area contributed by atoms with Crippen molar-refractivity contribution < 1.29 is 23.1 Å². The van der Waals surface area contributed by atoms with E-state index in [0.717, 1.165) is 6.07 Å². The summed E-state index contributed by atoms with van der Waals surface area (Å²) in [4.78, 5) is 11.0. The smallest absolute Gasteiger partial charge is 0.335 e. The van der Waals surface area contributed by atoms with Crippen LogP contribution in [0.5, 0.6) is 5.75 Å². The predicted molar refractivity (Wildman–Crippen MR) is 77.0 cm³/mol. The minimum Gasteiger partial charge on any atom is -0.495 e. The van der Waals surface area contributed by atoms with Gasteiger partial charge in [0.25, 0.3) is 0 Å². The molecule has 1 fully saturated rings. The summed E-state index contributed by atoms with van der Waals surface area (Å²) in [5.41, 5.74) is -0.0744. The Labute approximate surface area is 124 Å². The van der Waals surface area contributed by atoms with E-state index in [9.17, 15) is 13.2 Å². The van der Waals surface area contributed by atoms with E-state index in [4.69, 9.17) is 9.84 Å². The van der Waals surface area contributed by atoms with Gasteiger partial charge >= 0.3 is 5.97 Å². The molecule has 1 N–H and O–H groups in total. The average Bonchev–Trinajstić information content (AvgIpc) is 2.78. The van der Waals surface area contributed by atoms with Gasteiger partial charge in [-0.15, -0.1) is 0 Å². The molecular formula is C14H19NO5S. The highest BCUT2D eigenvalue weighted by Crippen LogP contribution is 2.32. The van der Waals surface area contributed by atoms with Crippen LogP contribution in [-0.4, -0.2) is 44.0 Å². The number of benzene rings is 1. The maximum Gasteiger partial charge on any atom is 0.335 e. The first-order valence-corrected chi connectivity index (χ1v) is 8.13. The second-order valence-corrected chi connectivity index (χ2v) is 7.35. The molecule has 7 heteroatoms. The fraction of sp³-hybridized carbons (Fsp3) is 0.500. The number of nitrogens with zero attached hydrogens (tertiary/aromatic N) is 1. The number of carboxylic acid groups (broad SMARTS) is 1. The van der Waals surface area contributed by atoms with Crippen molar-refractivity contribution in [1.82, 2.24) is 4.31 Å². The molecule has 1 saturated heterocycles. The highest BCUT2D eigenvalue weighted by atomic mass is 32.2. The molecule has 21 heavy (non-hydrogen) atoms. The highest BCUT2D eigenvalue weighted by molar-refractivity contribution is 7.89. The average molecular weight is 313 g/mol. The van der Waals surface area contributed by atoms with E-state index in [0.29, 0.717) is 13.1 Å². The fourth-order valence-corrected chi connectivity index (χ4v) is 4.25. The van der Waals surface area contributed by atoms with E-state index >= 15 is 0 Å². The van der Waals surface area contributed by atoms with Crippen molar-refractivity contribution in [2.24, 2.45) is 11.8 Å². The van der Waals surface area contributed by atoms with Crippen molar-refractivity contribution in [1.29, 1.82) is 0 Å². The molecule has 0 amide bonds. The largest absolute Gasteiger partial charge is 0.495 e. The lowest BCUT2D eigenvalue weighted by Gasteiger charge is -2.18. The van der Waals surface area contributed by atoms with Gasteiger partial charge in [0.1, 0.15) is 10.6 Å².